The first-order valence-corrected chi connectivity index (χ1v) is 4.79. The van der Waals surface area contributed by atoms with Crippen LogP contribution in [-0.2, 0) is 5.67 Å². The molecule has 1 nitrogen and oxygen atoms in total. The second-order valence-electron chi connectivity index (χ2n) is 3.88. The van der Waals surface area contributed by atoms with Gasteiger partial charge in [0.1, 0.15) is 11.5 Å². The highest BCUT2D eigenvalue weighted by Crippen LogP contribution is 2.33. The summed E-state index contributed by atoms with van der Waals surface area (Å²) in [7, 11) is 0. The number of hydrogen-bond acceptors (Lipinski definition) is 1. The van der Waals surface area contributed by atoms with E-state index in [1.807, 2.05) is 0 Å². The molecule has 0 saturated carbocycles. The first-order chi connectivity index (χ1) is 6.60. The highest BCUT2D eigenvalue weighted by atomic mass is 19.1. The molecule has 76 valence electrons. The summed E-state index contributed by atoms with van der Waals surface area (Å²) in [5.41, 5.74) is -1.06. The van der Waals surface area contributed by atoms with Crippen LogP contribution in [0.4, 0.5) is 8.78 Å². The summed E-state index contributed by atoms with van der Waals surface area (Å²) in [6.07, 6.45) is 0.809. The lowest BCUT2D eigenvalue weighted by molar-refractivity contribution is 0.0855. The van der Waals surface area contributed by atoms with Crippen LogP contribution in [0.1, 0.15) is 18.9 Å². The maximum atomic E-state index is 14.2. The minimum absolute atomic E-state index is 0.177. The summed E-state index contributed by atoms with van der Waals surface area (Å²) in [6, 6.07) is 5.59. The second-order valence-corrected chi connectivity index (χ2v) is 3.88. The van der Waals surface area contributed by atoms with Crippen LogP contribution in [0.3, 0.4) is 0 Å². The Kier molecular flexibility index (Phi) is 2.27. The fourth-order valence-corrected chi connectivity index (χ4v) is 1.75. The highest BCUT2D eigenvalue weighted by Gasteiger charge is 2.39. The monoisotopic (exact) mass is 197 g/mol. The van der Waals surface area contributed by atoms with Crippen LogP contribution < -0.4 is 5.32 Å². The van der Waals surface area contributed by atoms with Gasteiger partial charge in [-0.25, -0.2) is 8.78 Å². The van der Waals surface area contributed by atoms with Gasteiger partial charge in [-0.1, -0.05) is 12.1 Å². The van der Waals surface area contributed by atoms with Gasteiger partial charge in [0, 0.05) is 6.04 Å². The molecule has 1 fully saturated rings. The fourth-order valence-electron chi connectivity index (χ4n) is 1.75. The van der Waals surface area contributed by atoms with Crippen LogP contribution in [0.15, 0.2) is 24.3 Å². The lowest BCUT2D eigenvalue weighted by Crippen LogP contribution is -2.53. The van der Waals surface area contributed by atoms with Crippen molar-refractivity contribution in [2.75, 3.05) is 6.54 Å². The predicted molar refractivity (Wildman–Crippen MR) is 51.3 cm³/mol. The van der Waals surface area contributed by atoms with Gasteiger partial charge in [-0.15, -0.1) is 0 Å². The Bertz CT molecular complexity index is 332. The van der Waals surface area contributed by atoms with E-state index in [1.165, 1.54) is 19.1 Å². The molecule has 2 rings (SSSR count). The van der Waals surface area contributed by atoms with Crippen molar-refractivity contribution >= 4 is 0 Å². The molecule has 0 aromatic heterocycles. The van der Waals surface area contributed by atoms with E-state index < -0.39 is 5.67 Å². The molecule has 1 aromatic carbocycles. The van der Waals surface area contributed by atoms with Gasteiger partial charge in [0.25, 0.3) is 0 Å². The zero-order valence-corrected chi connectivity index (χ0v) is 8.06. The molecule has 14 heavy (non-hydrogen) atoms. The minimum Gasteiger partial charge on any atom is -0.311 e. The first-order valence-electron chi connectivity index (χ1n) is 4.79. The third-order valence-corrected chi connectivity index (χ3v) is 2.87. The molecule has 0 amide bonds. The van der Waals surface area contributed by atoms with Crippen LogP contribution in [0.5, 0.6) is 0 Å². The van der Waals surface area contributed by atoms with Crippen LogP contribution in [0.25, 0.3) is 0 Å². The molecule has 2 unspecified atom stereocenters. The standard InChI is InChI=1S/C11H13F2N/c1-11(13,10-5-6-14-10)8-3-2-4-9(12)7-8/h2-4,7,10,14H,5-6H2,1H3. The SMILES string of the molecule is CC(F)(c1cccc(F)c1)C1CCN1. The summed E-state index contributed by atoms with van der Waals surface area (Å²) in [5, 5.41) is 3.01. The second kappa shape index (κ2) is 3.31. The zero-order chi connectivity index (χ0) is 10.2. The van der Waals surface area contributed by atoms with Gasteiger partial charge in [-0.2, -0.15) is 0 Å². The van der Waals surface area contributed by atoms with E-state index in [1.54, 1.807) is 12.1 Å². The van der Waals surface area contributed by atoms with E-state index in [2.05, 4.69) is 5.32 Å². The molecule has 0 radical (unpaired) electrons. The van der Waals surface area contributed by atoms with Gasteiger partial charge in [-0.05, 0) is 37.6 Å². The molecule has 1 saturated heterocycles. The van der Waals surface area contributed by atoms with Gasteiger partial charge in [-0.3, -0.25) is 0 Å². The molecule has 1 aliphatic rings. The highest BCUT2D eigenvalue weighted by molar-refractivity contribution is 5.25. The number of benzene rings is 1. The number of nitrogens with one attached hydrogen (secondary N) is 1. The lowest BCUT2D eigenvalue weighted by atomic mass is 9.84. The van der Waals surface area contributed by atoms with E-state index in [4.69, 9.17) is 0 Å². The molecule has 1 aliphatic heterocycles. The van der Waals surface area contributed by atoms with Gasteiger partial charge >= 0.3 is 0 Å². The molecule has 0 aliphatic carbocycles. The number of alkyl halides is 1. The topological polar surface area (TPSA) is 12.0 Å². The largest absolute Gasteiger partial charge is 0.311 e. The predicted octanol–water partition coefficient (Wildman–Crippen LogP) is 2.37. The van der Waals surface area contributed by atoms with Crippen molar-refractivity contribution in [1.82, 2.24) is 5.32 Å². The maximum Gasteiger partial charge on any atom is 0.148 e. The first kappa shape index (κ1) is 9.59. The van der Waals surface area contributed by atoms with Crippen molar-refractivity contribution in [1.29, 1.82) is 0 Å². The van der Waals surface area contributed by atoms with Crippen molar-refractivity contribution in [3.63, 3.8) is 0 Å². The third kappa shape index (κ3) is 1.52. The summed E-state index contributed by atoms with van der Waals surface area (Å²) < 4.78 is 27.1. The zero-order valence-electron chi connectivity index (χ0n) is 8.06. The molecule has 3 heteroatoms. The van der Waals surface area contributed by atoms with E-state index >= 15 is 0 Å². The van der Waals surface area contributed by atoms with Crippen LogP contribution in [0.2, 0.25) is 0 Å². The third-order valence-electron chi connectivity index (χ3n) is 2.87. The Hall–Kier alpha value is -0.960. The van der Waals surface area contributed by atoms with Gasteiger partial charge in [0.05, 0.1) is 0 Å². The smallest absolute Gasteiger partial charge is 0.148 e. The number of halogens is 2. The molecular weight excluding hydrogens is 184 g/mol. The van der Waals surface area contributed by atoms with Crippen molar-refractivity contribution in [2.24, 2.45) is 0 Å². The van der Waals surface area contributed by atoms with Gasteiger partial charge in [0.15, 0.2) is 0 Å². The van der Waals surface area contributed by atoms with Crippen LogP contribution in [-0.4, -0.2) is 12.6 Å². The van der Waals surface area contributed by atoms with E-state index in [9.17, 15) is 8.78 Å². The Morgan fingerprint density at radius 2 is 2.21 bits per heavy atom. The van der Waals surface area contributed by atoms with E-state index in [0.29, 0.717) is 5.56 Å². The number of rotatable bonds is 2. The van der Waals surface area contributed by atoms with E-state index in [-0.39, 0.29) is 11.9 Å². The molecule has 2 atom stereocenters. The lowest BCUT2D eigenvalue weighted by Gasteiger charge is -2.38. The molecule has 1 N–H and O–H groups in total. The summed E-state index contributed by atoms with van der Waals surface area (Å²) in [5.74, 6) is -0.384. The average molecular weight is 197 g/mol. The van der Waals surface area contributed by atoms with Crippen molar-refractivity contribution < 1.29 is 8.78 Å². The molecule has 0 bridgehead atoms. The van der Waals surface area contributed by atoms with E-state index in [0.717, 1.165) is 13.0 Å². The van der Waals surface area contributed by atoms with Crippen LogP contribution >= 0.6 is 0 Å². The summed E-state index contributed by atoms with van der Waals surface area (Å²) in [6.45, 7) is 2.35. The van der Waals surface area contributed by atoms with Gasteiger partial charge in [0.2, 0.25) is 0 Å². The average Bonchev–Trinajstić information content (AvgIpc) is 2.00. The summed E-state index contributed by atoms with van der Waals surface area (Å²) in [4.78, 5) is 0. The Labute approximate surface area is 82.1 Å². The maximum absolute atomic E-state index is 14.2. The Balaban J connectivity index is 2.28. The minimum atomic E-state index is -1.47. The molecule has 1 aromatic rings. The van der Waals surface area contributed by atoms with Crippen molar-refractivity contribution in [3.8, 4) is 0 Å². The number of hydrogen-bond donors (Lipinski definition) is 1. The quantitative estimate of drug-likeness (QED) is 0.767. The fraction of sp³-hybridized carbons (Fsp3) is 0.455. The van der Waals surface area contributed by atoms with Crippen LogP contribution in [0, 0.1) is 5.82 Å². The molecule has 0 spiro atoms. The van der Waals surface area contributed by atoms with Crippen molar-refractivity contribution in [2.45, 2.75) is 25.1 Å². The summed E-state index contributed by atoms with van der Waals surface area (Å²) >= 11 is 0. The Morgan fingerprint density at radius 3 is 2.71 bits per heavy atom. The molecular formula is C11H13F2N. The molecule has 1 heterocycles. The normalized spacial score (nSPS) is 25.2. The van der Waals surface area contributed by atoms with Crippen molar-refractivity contribution in [3.05, 3.63) is 35.6 Å². The van der Waals surface area contributed by atoms with Gasteiger partial charge < -0.3 is 5.32 Å². The Morgan fingerprint density at radius 1 is 1.50 bits per heavy atom.